The van der Waals surface area contributed by atoms with E-state index in [2.05, 4.69) is 43.3 Å². The molecule has 0 saturated carbocycles. The molecule has 0 aliphatic carbocycles. The highest BCUT2D eigenvalue weighted by molar-refractivity contribution is 7.48. The average molecular weight is 560 g/mol. The van der Waals surface area contributed by atoms with E-state index in [9.17, 15) is 4.57 Å². The number of phosphoric ester groups is 1. The van der Waals surface area contributed by atoms with Crippen LogP contribution in [0.25, 0.3) is 11.1 Å². The van der Waals surface area contributed by atoms with Crippen molar-refractivity contribution in [3.63, 3.8) is 0 Å². The molecule has 0 aromatic heterocycles. The van der Waals surface area contributed by atoms with Crippen LogP contribution >= 0.6 is 7.82 Å². The van der Waals surface area contributed by atoms with Crippen LogP contribution in [-0.4, -0.2) is 42.5 Å². The number of hydrogen-bond acceptors (Lipinski definition) is 7. The van der Waals surface area contributed by atoms with E-state index < -0.39 is 24.6 Å². The van der Waals surface area contributed by atoms with Crippen molar-refractivity contribution in [2.75, 3.05) is 19.8 Å². The van der Waals surface area contributed by atoms with Gasteiger partial charge in [0.25, 0.3) is 0 Å². The summed E-state index contributed by atoms with van der Waals surface area (Å²) in [7, 11) is -3.86. The zero-order valence-electron chi connectivity index (χ0n) is 24.9. The zero-order valence-corrected chi connectivity index (χ0v) is 25.8. The molecule has 39 heavy (non-hydrogen) atoms. The highest BCUT2D eigenvalue weighted by Crippen LogP contribution is 2.56. The lowest BCUT2D eigenvalue weighted by Gasteiger charge is -2.33. The first-order chi connectivity index (χ1) is 18.2. The second kappa shape index (κ2) is 13.0. The molecule has 1 atom stereocenters. The molecule has 0 amide bonds. The van der Waals surface area contributed by atoms with Crippen LogP contribution in [0.5, 0.6) is 5.75 Å². The summed E-state index contributed by atoms with van der Waals surface area (Å²) in [6, 6.07) is 16.8. The highest BCUT2D eigenvalue weighted by Gasteiger charge is 2.43. The SMILES string of the molecule is CCCCOc1ccc(-c2ccc(CCC3(COP(=O)(OC(C)(C)C)OC(C)(C)C)COC(C)=N3)cc2)cc1. The summed E-state index contributed by atoms with van der Waals surface area (Å²) in [6.45, 7) is 16.1. The Balaban J connectivity index is 1.66. The smallest absolute Gasteiger partial charge is 0.475 e. The van der Waals surface area contributed by atoms with Crippen molar-refractivity contribution in [2.45, 2.75) is 97.8 Å². The van der Waals surface area contributed by atoms with Crippen LogP contribution in [0.3, 0.4) is 0 Å². The third kappa shape index (κ3) is 10.4. The third-order valence-corrected chi connectivity index (χ3v) is 7.98. The largest absolute Gasteiger partial charge is 0.494 e. The minimum atomic E-state index is -3.86. The summed E-state index contributed by atoms with van der Waals surface area (Å²) in [5, 5.41) is 0. The topological polar surface area (TPSA) is 75.6 Å². The molecule has 3 rings (SSSR count). The molecular weight excluding hydrogens is 513 g/mol. The molecule has 0 saturated heterocycles. The third-order valence-electron chi connectivity index (χ3n) is 5.99. The van der Waals surface area contributed by atoms with Crippen LogP contribution in [0.1, 0.15) is 80.2 Å². The summed E-state index contributed by atoms with van der Waals surface area (Å²) >= 11 is 0. The number of ether oxygens (including phenoxy) is 2. The van der Waals surface area contributed by atoms with Crippen LogP contribution < -0.4 is 4.74 Å². The van der Waals surface area contributed by atoms with Gasteiger partial charge in [-0.15, -0.1) is 0 Å². The molecule has 216 valence electrons. The molecule has 1 aliphatic heterocycles. The summed E-state index contributed by atoms with van der Waals surface area (Å²) in [5.74, 6) is 1.50. The lowest BCUT2D eigenvalue weighted by molar-refractivity contribution is -0.00465. The minimum absolute atomic E-state index is 0.0680. The standard InChI is InChI=1S/C31H46NO6P/c1-9-10-21-34-28-17-15-27(16-18-28)26-13-11-25(12-14-26)19-20-31(22-35-24(2)32-31)23-36-39(33,37-29(3,4)5)38-30(6,7)8/h11-18H,9-10,19-23H2,1-8H3. The van der Waals surface area contributed by atoms with Crippen LogP contribution in [0.4, 0.5) is 0 Å². The zero-order chi connectivity index (χ0) is 28.7. The number of aryl methyl sites for hydroxylation is 1. The molecule has 1 unspecified atom stereocenters. The maximum Gasteiger partial charge on any atom is 0.475 e. The van der Waals surface area contributed by atoms with Gasteiger partial charge in [0.1, 0.15) is 17.9 Å². The van der Waals surface area contributed by atoms with Gasteiger partial charge in [0.2, 0.25) is 0 Å². The molecule has 8 heteroatoms. The molecule has 0 fully saturated rings. The number of rotatable bonds is 13. The molecule has 2 aromatic carbocycles. The fourth-order valence-corrected chi connectivity index (χ4v) is 6.05. The predicted octanol–water partition coefficient (Wildman–Crippen LogP) is 8.41. The number of nitrogens with zero attached hydrogens (tertiary/aromatic N) is 1. The van der Waals surface area contributed by atoms with Gasteiger partial charge in [-0.2, -0.15) is 0 Å². The summed E-state index contributed by atoms with van der Waals surface area (Å²) in [4.78, 5) is 4.76. The van der Waals surface area contributed by atoms with Crippen LogP contribution in [-0.2, 0) is 29.3 Å². The van der Waals surface area contributed by atoms with Crippen molar-refractivity contribution < 1.29 is 27.6 Å². The maximum atomic E-state index is 13.6. The van der Waals surface area contributed by atoms with Gasteiger partial charge < -0.3 is 9.47 Å². The number of hydrogen-bond donors (Lipinski definition) is 0. The van der Waals surface area contributed by atoms with Crippen LogP contribution in [0.2, 0.25) is 0 Å². The van der Waals surface area contributed by atoms with E-state index in [0.717, 1.165) is 42.7 Å². The first-order valence-electron chi connectivity index (χ1n) is 13.9. The number of aliphatic imine (C=N–C) groups is 1. The Bertz CT molecular complexity index is 1110. The van der Waals surface area contributed by atoms with Crippen LogP contribution in [0, 0.1) is 0 Å². The lowest BCUT2D eigenvalue weighted by atomic mass is 9.93. The normalized spacial score (nSPS) is 18.1. The average Bonchev–Trinajstić information content (AvgIpc) is 3.21. The van der Waals surface area contributed by atoms with Gasteiger partial charge in [0.05, 0.1) is 24.4 Å². The van der Waals surface area contributed by atoms with Gasteiger partial charge in [-0.25, -0.2) is 9.56 Å². The van der Waals surface area contributed by atoms with Gasteiger partial charge in [-0.1, -0.05) is 49.7 Å². The Hall–Kier alpha value is -2.18. The first-order valence-corrected chi connectivity index (χ1v) is 15.3. The Kier molecular flexibility index (Phi) is 10.4. The van der Waals surface area contributed by atoms with E-state index in [4.69, 9.17) is 28.0 Å². The van der Waals surface area contributed by atoms with E-state index >= 15 is 0 Å². The van der Waals surface area contributed by atoms with E-state index in [0.29, 0.717) is 18.9 Å². The Labute approximate surface area is 234 Å². The molecule has 0 spiro atoms. The van der Waals surface area contributed by atoms with E-state index in [1.165, 1.54) is 5.56 Å². The predicted molar refractivity (Wildman–Crippen MR) is 158 cm³/mol. The van der Waals surface area contributed by atoms with Gasteiger partial charge in [0, 0.05) is 6.92 Å². The Morgan fingerprint density at radius 3 is 1.97 bits per heavy atom. The minimum Gasteiger partial charge on any atom is -0.494 e. The van der Waals surface area contributed by atoms with Crippen molar-refractivity contribution in [3.05, 3.63) is 54.1 Å². The molecule has 1 aliphatic rings. The number of phosphoric acid groups is 1. The summed E-state index contributed by atoms with van der Waals surface area (Å²) < 4.78 is 42.6. The quantitative estimate of drug-likeness (QED) is 0.181. The van der Waals surface area contributed by atoms with E-state index in [1.54, 1.807) is 0 Å². The van der Waals surface area contributed by atoms with Gasteiger partial charge in [0.15, 0.2) is 5.90 Å². The second-order valence-corrected chi connectivity index (χ2v) is 13.7. The first kappa shape index (κ1) is 31.3. The second-order valence-electron chi connectivity index (χ2n) is 12.2. The number of unbranched alkanes of at least 4 members (excludes halogenated alkanes) is 1. The lowest BCUT2D eigenvalue weighted by Crippen LogP contribution is -2.36. The van der Waals surface area contributed by atoms with Crippen molar-refractivity contribution in [2.24, 2.45) is 4.99 Å². The molecular formula is C31H46NO6P. The molecule has 2 aromatic rings. The van der Waals surface area contributed by atoms with Crippen molar-refractivity contribution >= 4 is 13.7 Å². The van der Waals surface area contributed by atoms with Crippen molar-refractivity contribution in [3.8, 4) is 16.9 Å². The highest BCUT2D eigenvalue weighted by atomic mass is 31.2. The van der Waals surface area contributed by atoms with Crippen LogP contribution in [0.15, 0.2) is 53.5 Å². The van der Waals surface area contributed by atoms with E-state index in [1.807, 2.05) is 60.6 Å². The monoisotopic (exact) mass is 559 g/mol. The molecule has 1 heterocycles. The maximum absolute atomic E-state index is 13.6. The van der Waals surface area contributed by atoms with Gasteiger partial charge >= 0.3 is 7.82 Å². The molecule has 0 bridgehead atoms. The summed E-state index contributed by atoms with van der Waals surface area (Å²) in [5.41, 5.74) is 1.39. The summed E-state index contributed by atoms with van der Waals surface area (Å²) in [6.07, 6.45) is 3.61. The molecule has 7 nitrogen and oxygen atoms in total. The molecule has 0 N–H and O–H groups in total. The Morgan fingerprint density at radius 1 is 0.923 bits per heavy atom. The van der Waals surface area contributed by atoms with Crippen molar-refractivity contribution in [1.82, 2.24) is 0 Å². The fraction of sp³-hybridized carbons (Fsp3) is 0.581. The van der Waals surface area contributed by atoms with E-state index in [-0.39, 0.29) is 6.61 Å². The Morgan fingerprint density at radius 2 is 1.49 bits per heavy atom. The molecule has 0 radical (unpaired) electrons. The number of benzene rings is 2. The van der Waals surface area contributed by atoms with Crippen molar-refractivity contribution in [1.29, 1.82) is 0 Å². The fourth-order valence-electron chi connectivity index (χ4n) is 4.17. The van der Waals surface area contributed by atoms with Gasteiger partial charge in [-0.05, 0) is 89.6 Å². The van der Waals surface area contributed by atoms with Gasteiger partial charge in [-0.3, -0.25) is 13.6 Å².